The van der Waals surface area contributed by atoms with Gasteiger partial charge in [0.1, 0.15) is 5.69 Å². The third-order valence-electron chi connectivity index (χ3n) is 3.20. The third kappa shape index (κ3) is 6.81. The summed E-state index contributed by atoms with van der Waals surface area (Å²) < 4.78 is 26.3. The molecule has 1 N–H and O–H groups in total. The number of halogens is 2. The molecule has 27 heavy (non-hydrogen) atoms. The van der Waals surface area contributed by atoms with Gasteiger partial charge in [-0.1, -0.05) is 29.8 Å². The third-order valence-corrected chi connectivity index (χ3v) is 3.20. The average molecular weight is 546 g/mol. The first kappa shape index (κ1) is 22.3. The number of allylic oxidation sites excluding steroid dienone is 1. The van der Waals surface area contributed by atoms with E-state index in [4.69, 9.17) is 5.11 Å². The molecule has 0 aliphatic carbocycles. The van der Waals surface area contributed by atoms with Gasteiger partial charge in [0.15, 0.2) is 0 Å². The summed E-state index contributed by atoms with van der Waals surface area (Å²) in [5.74, 6) is -2.29. The van der Waals surface area contributed by atoms with Crippen LogP contribution in [0.5, 0.6) is 0 Å². The molecule has 0 aliphatic rings. The van der Waals surface area contributed by atoms with Crippen molar-refractivity contribution in [2.75, 3.05) is 0 Å². The van der Waals surface area contributed by atoms with E-state index in [1.165, 1.54) is 12.3 Å². The first-order valence-corrected chi connectivity index (χ1v) is 7.58. The molecule has 0 unspecified atom stereocenters. The van der Waals surface area contributed by atoms with Crippen molar-refractivity contribution in [2.24, 2.45) is 0 Å². The van der Waals surface area contributed by atoms with Crippen LogP contribution in [0.4, 0.5) is 8.78 Å². The number of carbonyl (C=O) groups is 1. The van der Waals surface area contributed by atoms with Gasteiger partial charge in [0, 0.05) is 44.1 Å². The van der Waals surface area contributed by atoms with E-state index in [0.717, 1.165) is 17.7 Å². The van der Waals surface area contributed by atoms with Crippen LogP contribution in [0.2, 0.25) is 0 Å². The summed E-state index contributed by atoms with van der Waals surface area (Å²) >= 11 is 0. The molecule has 0 saturated carbocycles. The first-order chi connectivity index (χ1) is 12.5. The maximum Gasteiger partial charge on any atom is 0.354 e. The number of pyridine rings is 2. The Morgan fingerprint density at radius 1 is 1.19 bits per heavy atom. The summed E-state index contributed by atoms with van der Waals surface area (Å²) in [4.78, 5) is 17.8. The molecule has 3 rings (SSSR count). The molecule has 7 heteroatoms. The summed E-state index contributed by atoms with van der Waals surface area (Å²) in [5, 5.41) is 8.32. The topological polar surface area (TPSA) is 63.1 Å². The van der Waals surface area contributed by atoms with Crippen molar-refractivity contribution in [3.05, 3.63) is 96.5 Å². The number of hydrogen-bond acceptors (Lipinski definition) is 3. The fraction of sp³-hybridized carbons (Fsp3) is 0.0500. The van der Waals surface area contributed by atoms with E-state index in [-0.39, 0.29) is 31.4 Å². The van der Waals surface area contributed by atoms with Crippen LogP contribution in [0, 0.1) is 17.7 Å². The van der Waals surface area contributed by atoms with Gasteiger partial charge in [0.2, 0.25) is 0 Å². The van der Waals surface area contributed by atoms with Crippen molar-refractivity contribution in [1.29, 1.82) is 0 Å². The van der Waals surface area contributed by atoms with Crippen LogP contribution in [0.1, 0.15) is 16.1 Å². The minimum Gasteiger partial charge on any atom is -0.477 e. The molecule has 0 spiro atoms. The number of carboxylic acids is 1. The molecule has 0 fully saturated rings. The molecule has 0 aliphatic heterocycles. The predicted octanol–water partition coefficient (Wildman–Crippen LogP) is 4.33. The Bertz CT molecular complexity index is 905. The molecule has 2 aromatic heterocycles. The van der Waals surface area contributed by atoms with Crippen molar-refractivity contribution in [3.63, 3.8) is 0 Å². The zero-order valence-electron chi connectivity index (χ0n) is 14.0. The van der Waals surface area contributed by atoms with Gasteiger partial charge >= 0.3 is 5.97 Å². The van der Waals surface area contributed by atoms with Gasteiger partial charge in [-0.2, -0.15) is 0 Å². The van der Waals surface area contributed by atoms with E-state index in [9.17, 15) is 13.6 Å². The Morgan fingerprint density at radius 2 is 1.96 bits per heavy atom. The Morgan fingerprint density at radius 3 is 2.52 bits per heavy atom. The van der Waals surface area contributed by atoms with Crippen LogP contribution in [0.25, 0.3) is 11.3 Å². The summed E-state index contributed by atoms with van der Waals surface area (Å²) in [5.41, 5.74) is 1.68. The molecule has 0 bridgehead atoms. The largest absolute Gasteiger partial charge is 0.477 e. The number of aromatic nitrogens is 2. The smallest absolute Gasteiger partial charge is 0.354 e. The monoisotopic (exact) mass is 546 g/mol. The second kappa shape index (κ2) is 11.1. The molecule has 4 nitrogen and oxygen atoms in total. The van der Waals surface area contributed by atoms with Crippen molar-refractivity contribution in [1.82, 2.24) is 9.97 Å². The maximum atomic E-state index is 13.5. The SMILES string of the molecule is C=CCc1ccnc(-c2[c-]cc(F)cc2F)c1.O=C(O)c1ccccn1.[Ir]. The first-order valence-electron chi connectivity index (χ1n) is 7.58. The normalized spacial score (nSPS) is 9.41. The number of aromatic carboxylic acids is 1. The zero-order chi connectivity index (χ0) is 18.9. The van der Waals surface area contributed by atoms with Crippen LogP contribution in [0.3, 0.4) is 0 Å². The molecule has 0 atom stereocenters. The second-order valence-corrected chi connectivity index (χ2v) is 5.10. The molecule has 1 aromatic carbocycles. The number of rotatable bonds is 4. The quantitative estimate of drug-likeness (QED) is 0.392. The fourth-order valence-corrected chi connectivity index (χ4v) is 2.04. The fourth-order valence-electron chi connectivity index (χ4n) is 2.04. The van der Waals surface area contributed by atoms with Crippen LogP contribution in [0.15, 0.2) is 67.5 Å². The molecule has 141 valence electrons. The predicted molar refractivity (Wildman–Crippen MR) is 93.5 cm³/mol. The molecule has 0 amide bonds. The number of nitrogens with zero attached hydrogens (tertiary/aromatic N) is 2. The van der Waals surface area contributed by atoms with Gasteiger partial charge in [0.05, 0.1) is 0 Å². The van der Waals surface area contributed by atoms with E-state index in [1.807, 2.05) is 6.07 Å². The van der Waals surface area contributed by atoms with E-state index >= 15 is 0 Å². The van der Waals surface area contributed by atoms with Gasteiger partial charge < -0.3 is 10.1 Å². The van der Waals surface area contributed by atoms with Crippen LogP contribution < -0.4 is 0 Å². The Hall–Kier alpha value is -2.76. The maximum absolute atomic E-state index is 13.5. The standard InChI is InChI=1S/C14H10F2N.C6H5NO2.Ir/c1-2-3-10-6-7-17-14(8-10)12-5-4-11(15)9-13(12)16;8-6(9)5-3-1-2-4-7-5;/h2,4,6-9H,1,3H2;1-4H,(H,8,9);/q-1;;. The molecule has 3 aromatic rings. The van der Waals surface area contributed by atoms with Gasteiger partial charge in [-0.25, -0.2) is 9.78 Å². The Labute approximate surface area is 169 Å². The number of benzene rings is 1. The summed E-state index contributed by atoms with van der Waals surface area (Å²) in [7, 11) is 0. The number of hydrogen-bond donors (Lipinski definition) is 1. The van der Waals surface area contributed by atoms with E-state index < -0.39 is 17.6 Å². The number of carboxylic acid groups (broad SMARTS) is 1. The van der Waals surface area contributed by atoms with Crippen LogP contribution >= 0.6 is 0 Å². The second-order valence-electron chi connectivity index (χ2n) is 5.10. The summed E-state index contributed by atoms with van der Waals surface area (Å²) in [6.07, 6.45) is 5.47. The van der Waals surface area contributed by atoms with Crippen molar-refractivity contribution in [2.45, 2.75) is 6.42 Å². The van der Waals surface area contributed by atoms with Gasteiger partial charge in [-0.3, -0.25) is 8.78 Å². The van der Waals surface area contributed by atoms with Crippen molar-refractivity contribution in [3.8, 4) is 11.3 Å². The Kier molecular flexibility index (Phi) is 9.13. The minimum atomic E-state index is -0.990. The van der Waals surface area contributed by atoms with E-state index in [0.29, 0.717) is 12.1 Å². The van der Waals surface area contributed by atoms with E-state index in [2.05, 4.69) is 22.6 Å². The molecule has 2 heterocycles. The molecule has 0 saturated heterocycles. The zero-order valence-corrected chi connectivity index (χ0v) is 16.4. The van der Waals surface area contributed by atoms with E-state index in [1.54, 1.807) is 30.5 Å². The van der Waals surface area contributed by atoms with Crippen LogP contribution in [-0.4, -0.2) is 21.0 Å². The Balaban J connectivity index is 0.000000310. The summed E-state index contributed by atoms with van der Waals surface area (Å²) in [6, 6.07) is 12.8. The average Bonchev–Trinajstić information content (AvgIpc) is 2.63. The molecule has 1 radical (unpaired) electrons. The van der Waals surface area contributed by atoms with Crippen molar-refractivity contribution < 1.29 is 38.8 Å². The van der Waals surface area contributed by atoms with Gasteiger partial charge in [-0.05, 0) is 35.9 Å². The molecular formula is C20H15F2IrN2O2-. The van der Waals surface area contributed by atoms with Crippen molar-refractivity contribution >= 4 is 5.97 Å². The van der Waals surface area contributed by atoms with Gasteiger partial charge in [0.25, 0.3) is 0 Å². The summed E-state index contributed by atoms with van der Waals surface area (Å²) in [6.45, 7) is 3.64. The molecular weight excluding hydrogens is 530 g/mol. The minimum absolute atomic E-state index is 0. The van der Waals surface area contributed by atoms with Gasteiger partial charge in [-0.15, -0.1) is 18.7 Å². The van der Waals surface area contributed by atoms with Crippen LogP contribution in [-0.2, 0) is 26.5 Å².